The zero-order valence-electron chi connectivity index (χ0n) is 6.20. The van der Waals surface area contributed by atoms with Crippen LogP contribution in [0.1, 0.15) is 11.3 Å². The van der Waals surface area contributed by atoms with Gasteiger partial charge in [0.1, 0.15) is 0 Å². The number of nitrogens with zero attached hydrogens (tertiary/aromatic N) is 2. The standard InChI is InChI=1S/C6H9N3.2ClH/c1-9-4-5-2-7-3-6(5)8-9;;/h4,7H,2-3H2,1H3;2*1H. The third-order valence-electron chi connectivity index (χ3n) is 1.60. The van der Waals surface area contributed by atoms with Crippen molar-refractivity contribution in [3.8, 4) is 0 Å². The van der Waals surface area contributed by atoms with Crippen LogP contribution in [0.2, 0.25) is 0 Å². The first kappa shape index (κ1) is 10.8. The Morgan fingerprint density at radius 2 is 2.18 bits per heavy atom. The highest BCUT2D eigenvalue weighted by Gasteiger charge is 2.12. The summed E-state index contributed by atoms with van der Waals surface area (Å²) in [4.78, 5) is 0. The minimum absolute atomic E-state index is 0. The predicted molar refractivity (Wildman–Crippen MR) is 48.2 cm³/mol. The van der Waals surface area contributed by atoms with Gasteiger partial charge in [-0.15, -0.1) is 24.8 Å². The molecular formula is C6H11Cl2N3. The van der Waals surface area contributed by atoms with Crippen LogP contribution in [0.4, 0.5) is 0 Å². The van der Waals surface area contributed by atoms with Gasteiger partial charge in [0.2, 0.25) is 0 Å². The van der Waals surface area contributed by atoms with E-state index in [0.717, 1.165) is 13.1 Å². The molecule has 1 aliphatic heterocycles. The van der Waals surface area contributed by atoms with Crippen molar-refractivity contribution < 1.29 is 0 Å². The van der Waals surface area contributed by atoms with E-state index in [0.29, 0.717) is 0 Å². The van der Waals surface area contributed by atoms with Crippen LogP contribution in [0, 0.1) is 0 Å². The van der Waals surface area contributed by atoms with Crippen molar-refractivity contribution in [2.24, 2.45) is 7.05 Å². The monoisotopic (exact) mass is 195 g/mol. The summed E-state index contributed by atoms with van der Waals surface area (Å²) in [5, 5.41) is 7.46. The van der Waals surface area contributed by atoms with E-state index in [1.165, 1.54) is 11.3 Å². The first-order chi connectivity index (χ1) is 4.36. The third kappa shape index (κ3) is 1.86. The summed E-state index contributed by atoms with van der Waals surface area (Å²) in [7, 11) is 1.96. The topological polar surface area (TPSA) is 29.9 Å². The van der Waals surface area contributed by atoms with Crippen LogP contribution in [-0.2, 0) is 20.1 Å². The molecule has 11 heavy (non-hydrogen) atoms. The summed E-state index contributed by atoms with van der Waals surface area (Å²) in [6, 6.07) is 0. The first-order valence-corrected chi connectivity index (χ1v) is 3.08. The molecule has 0 aromatic carbocycles. The fourth-order valence-corrected chi connectivity index (χ4v) is 1.20. The molecule has 2 rings (SSSR count). The minimum Gasteiger partial charge on any atom is -0.307 e. The van der Waals surface area contributed by atoms with Crippen LogP contribution < -0.4 is 5.32 Å². The smallest absolute Gasteiger partial charge is 0.0807 e. The summed E-state index contributed by atoms with van der Waals surface area (Å²) in [5.41, 5.74) is 2.55. The Morgan fingerprint density at radius 3 is 2.82 bits per heavy atom. The van der Waals surface area contributed by atoms with Crippen LogP contribution in [0.25, 0.3) is 0 Å². The maximum Gasteiger partial charge on any atom is 0.0807 e. The van der Waals surface area contributed by atoms with Crippen LogP contribution >= 0.6 is 24.8 Å². The van der Waals surface area contributed by atoms with Gasteiger partial charge < -0.3 is 5.32 Å². The van der Waals surface area contributed by atoms with Crippen molar-refractivity contribution in [1.82, 2.24) is 15.1 Å². The van der Waals surface area contributed by atoms with Crippen molar-refractivity contribution in [3.63, 3.8) is 0 Å². The molecule has 3 nitrogen and oxygen atoms in total. The molecule has 0 unspecified atom stereocenters. The lowest BCUT2D eigenvalue weighted by Crippen LogP contribution is -2.03. The van der Waals surface area contributed by atoms with Gasteiger partial charge in [-0.25, -0.2) is 0 Å². The molecule has 0 radical (unpaired) electrons. The molecule has 0 saturated heterocycles. The molecular weight excluding hydrogens is 185 g/mol. The maximum absolute atomic E-state index is 4.25. The molecule has 64 valence electrons. The molecule has 0 spiro atoms. The van der Waals surface area contributed by atoms with Gasteiger partial charge in [-0.2, -0.15) is 5.10 Å². The van der Waals surface area contributed by atoms with Crippen LogP contribution in [-0.4, -0.2) is 9.78 Å². The van der Waals surface area contributed by atoms with Gasteiger partial charge in [-0.05, 0) is 0 Å². The van der Waals surface area contributed by atoms with Crippen molar-refractivity contribution in [2.75, 3.05) is 0 Å². The molecule has 1 N–H and O–H groups in total. The number of hydrogen-bond acceptors (Lipinski definition) is 2. The lowest BCUT2D eigenvalue weighted by Gasteiger charge is -1.88. The molecule has 0 atom stereocenters. The van der Waals surface area contributed by atoms with Crippen LogP contribution in [0.15, 0.2) is 6.20 Å². The normalized spacial score (nSPS) is 13.2. The maximum atomic E-state index is 4.25. The molecule has 1 aromatic heterocycles. The number of hydrogen-bond donors (Lipinski definition) is 1. The number of rotatable bonds is 0. The second-order valence-electron chi connectivity index (χ2n) is 2.38. The highest BCUT2D eigenvalue weighted by atomic mass is 35.5. The number of fused-ring (bicyclic) bond motifs is 1. The summed E-state index contributed by atoms with van der Waals surface area (Å²) in [6.45, 7) is 1.93. The fourth-order valence-electron chi connectivity index (χ4n) is 1.20. The van der Waals surface area contributed by atoms with Crippen LogP contribution in [0.5, 0.6) is 0 Å². The van der Waals surface area contributed by atoms with E-state index in [-0.39, 0.29) is 24.8 Å². The van der Waals surface area contributed by atoms with Gasteiger partial charge in [0.25, 0.3) is 0 Å². The Hall–Kier alpha value is -0.250. The van der Waals surface area contributed by atoms with Gasteiger partial charge in [-0.1, -0.05) is 0 Å². The highest BCUT2D eigenvalue weighted by Crippen LogP contribution is 2.10. The van der Waals surface area contributed by atoms with E-state index in [2.05, 4.69) is 16.6 Å². The van der Waals surface area contributed by atoms with Crippen molar-refractivity contribution >= 4 is 24.8 Å². The Labute approximate surface area is 78.0 Å². The first-order valence-electron chi connectivity index (χ1n) is 3.08. The number of aryl methyl sites for hydroxylation is 1. The molecule has 0 aliphatic carbocycles. The number of halogens is 2. The predicted octanol–water partition coefficient (Wildman–Crippen LogP) is 0.867. The van der Waals surface area contributed by atoms with Crippen molar-refractivity contribution in [3.05, 3.63) is 17.5 Å². The lowest BCUT2D eigenvalue weighted by atomic mass is 10.3. The SMILES string of the molecule is Cl.Cl.Cn1cc2c(n1)CNC2. The van der Waals surface area contributed by atoms with E-state index in [9.17, 15) is 0 Å². The van der Waals surface area contributed by atoms with Crippen molar-refractivity contribution in [2.45, 2.75) is 13.1 Å². The van der Waals surface area contributed by atoms with E-state index < -0.39 is 0 Å². The zero-order chi connectivity index (χ0) is 6.27. The molecule has 0 fully saturated rings. The summed E-state index contributed by atoms with van der Waals surface area (Å²) >= 11 is 0. The average molecular weight is 196 g/mol. The number of nitrogens with one attached hydrogen (secondary N) is 1. The average Bonchev–Trinajstić information content (AvgIpc) is 2.22. The van der Waals surface area contributed by atoms with Crippen molar-refractivity contribution in [1.29, 1.82) is 0 Å². The molecule has 1 aliphatic rings. The third-order valence-corrected chi connectivity index (χ3v) is 1.60. The second kappa shape index (κ2) is 3.95. The van der Waals surface area contributed by atoms with Gasteiger partial charge in [0.05, 0.1) is 5.69 Å². The fraction of sp³-hybridized carbons (Fsp3) is 0.500. The van der Waals surface area contributed by atoms with Gasteiger partial charge in [0.15, 0.2) is 0 Å². The Morgan fingerprint density at radius 1 is 1.45 bits per heavy atom. The molecule has 0 bridgehead atoms. The van der Waals surface area contributed by atoms with E-state index in [4.69, 9.17) is 0 Å². The van der Waals surface area contributed by atoms with Gasteiger partial charge in [-0.3, -0.25) is 4.68 Å². The molecule has 0 saturated carbocycles. The Kier molecular flexibility index (Phi) is 3.86. The zero-order valence-corrected chi connectivity index (χ0v) is 7.84. The minimum atomic E-state index is 0. The quantitative estimate of drug-likeness (QED) is 0.667. The summed E-state index contributed by atoms with van der Waals surface area (Å²) in [6.07, 6.45) is 2.06. The number of aromatic nitrogens is 2. The lowest BCUT2D eigenvalue weighted by molar-refractivity contribution is 0.688. The summed E-state index contributed by atoms with van der Waals surface area (Å²) in [5.74, 6) is 0. The Bertz CT molecular complexity index is 212. The summed E-state index contributed by atoms with van der Waals surface area (Å²) < 4.78 is 1.87. The van der Waals surface area contributed by atoms with Crippen LogP contribution in [0.3, 0.4) is 0 Å². The molecule has 0 amide bonds. The van der Waals surface area contributed by atoms with E-state index >= 15 is 0 Å². The van der Waals surface area contributed by atoms with Gasteiger partial charge in [0, 0.05) is 31.9 Å². The largest absolute Gasteiger partial charge is 0.307 e. The highest BCUT2D eigenvalue weighted by molar-refractivity contribution is 5.85. The van der Waals surface area contributed by atoms with Gasteiger partial charge >= 0.3 is 0 Å². The van der Waals surface area contributed by atoms with E-state index in [1.807, 2.05) is 11.7 Å². The Balaban J connectivity index is 0.000000500. The molecule has 1 aromatic rings. The second-order valence-corrected chi connectivity index (χ2v) is 2.38. The van der Waals surface area contributed by atoms with E-state index in [1.54, 1.807) is 0 Å². The molecule has 2 heterocycles. The molecule has 5 heteroatoms.